The van der Waals surface area contributed by atoms with E-state index in [9.17, 15) is 9.18 Å². The number of fused-ring (bicyclic) bond motifs is 1. The third kappa shape index (κ3) is 2.46. The van der Waals surface area contributed by atoms with Crippen molar-refractivity contribution in [3.8, 4) is 0 Å². The van der Waals surface area contributed by atoms with Crippen LogP contribution in [0, 0.1) is 11.7 Å². The summed E-state index contributed by atoms with van der Waals surface area (Å²) in [4.78, 5) is 14.5. The first-order valence-corrected chi connectivity index (χ1v) is 7.93. The molecule has 2 fully saturated rings. The minimum atomic E-state index is -0.326. The van der Waals surface area contributed by atoms with Gasteiger partial charge in [0, 0.05) is 10.9 Å². The Morgan fingerprint density at radius 1 is 1.30 bits per heavy atom. The summed E-state index contributed by atoms with van der Waals surface area (Å²) in [6.45, 7) is 0. The van der Waals surface area contributed by atoms with E-state index in [1.54, 1.807) is 12.1 Å². The zero-order chi connectivity index (χ0) is 14.3. The molecule has 1 aromatic carbocycles. The maximum Gasteiger partial charge on any atom is 0.238 e. The monoisotopic (exact) mass is 356 g/mol. The molecule has 1 heterocycles. The molecule has 3 rings (SSSR count). The van der Waals surface area contributed by atoms with Gasteiger partial charge < -0.3 is 5.32 Å². The van der Waals surface area contributed by atoms with Crippen molar-refractivity contribution in [2.24, 2.45) is 5.92 Å². The molecule has 0 spiro atoms. The van der Waals surface area contributed by atoms with E-state index in [0.717, 1.165) is 19.3 Å². The number of alkyl halides is 1. The van der Waals surface area contributed by atoms with Crippen LogP contribution >= 0.6 is 28.1 Å². The third-order valence-electron chi connectivity index (χ3n) is 3.92. The summed E-state index contributed by atoms with van der Waals surface area (Å²) in [5.74, 6) is -0.396. The molecule has 0 bridgehead atoms. The van der Waals surface area contributed by atoms with Crippen molar-refractivity contribution in [3.05, 3.63) is 30.1 Å². The Kier molecular flexibility index (Phi) is 3.77. The molecule has 3 atom stereocenters. The molecule has 0 radical (unpaired) electrons. The molecule has 1 aromatic rings. The zero-order valence-corrected chi connectivity index (χ0v) is 13.1. The molecule has 3 unspecified atom stereocenters. The summed E-state index contributed by atoms with van der Waals surface area (Å²) in [6, 6.07) is 5.96. The lowest BCUT2D eigenvalue weighted by Gasteiger charge is -2.42. The van der Waals surface area contributed by atoms with E-state index >= 15 is 0 Å². The van der Waals surface area contributed by atoms with Crippen molar-refractivity contribution in [3.63, 3.8) is 0 Å². The van der Waals surface area contributed by atoms with Crippen LogP contribution in [-0.2, 0) is 4.79 Å². The van der Waals surface area contributed by atoms with Crippen molar-refractivity contribution in [2.75, 3.05) is 4.90 Å². The van der Waals surface area contributed by atoms with E-state index in [1.807, 2.05) is 0 Å². The van der Waals surface area contributed by atoms with Crippen LogP contribution in [0.25, 0.3) is 0 Å². The number of anilines is 1. The number of halogens is 2. The second-order valence-corrected chi connectivity index (χ2v) is 6.90. The highest BCUT2D eigenvalue weighted by molar-refractivity contribution is 9.09. The quantitative estimate of drug-likeness (QED) is 0.620. The minimum Gasteiger partial charge on any atom is -0.358 e. The lowest BCUT2D eigenvalue weighted by atomic mass is 9.82. The number of nitrogens with zero attached hydrogens (tertiary/aromatic N) is 1. The summed E-state index contributed by atoms with van der Waals surface area (Å²) in [6.07, 6.45) is 2.78. The molecule has 106 valence electrons. The second-order valence-electron chi connectivity index (χ2n) is 5.22. The predicted octanol–water partition coefficient (Wildman–Crippen LogP) is 2.98. The van der Waals surface area contributed by atoms with Gasteiger partial charge in [-0.25, -0.2) is 4.39 Å². The van der Waals surface area contributed by atoms with Crippen molar-refractivity contribution in [2.45, 2.75) is 30.1 Å². The number of rotatable bonds is 1. The van der Waals surface area contributed by atoms with Gasteiger partial charge in [0.15, 0.2) is 5.11 Å². The van der Waals surface area contributed by atoms with Crippen LogP contribution in [0.3, 0.4) is 0 Å². The average Bonchev–Trinajstić information content (AvgIpc) is 2.42. The Bertz CT molecular complexity index is 551. The number of hydrogen-bond acceptors (Lipinski definition) is 2. The summed E-state index contributed by atoms with van der Waals surface area (Å²) < 4.78 is 13.0. The number of amides is 1. The van der Waals surface area contributed by atoms with Crippen molar-refractivity contribution < 1.29 is 9.18 Å². The summed E-state index contributed by atoms with van der Waals surface area (Å²) in [5.41, 5.74) is 0.615. The first-order valence-electron chi connectivity index (χ1n) is 6.60. The first-order chi connectivity index (χ1) is 9.56. The molecule has 0 aromatic heterocycles. The molecule has 1 N–H and O–H groups in total. The maximum absolute atomic E-state index is 13.0. The Morgan fingerprint density at radius 3 is 2.70 bits per heavy atom. The van der Waals surface area contributed by atoms with Crippen LogP contribution in [0.5, 0.6) is 0 Å². The van der Waals surface area contributed by atoms with Crippen LogP contribution in [0.4, 0.5) is 10.1 Å². The smallest absolute Gasteiger partial charge is 0.238 e. The van der Waals surface area contributed by atoms with Gasteiger partial charge in [-0.1, -0.05) is 15.9 Å². The average molecular weight is 357 g/mol. The van der Waals surface area contributed by atoms with Crippen molar-refractivity contribution in [1.29, 1.82) is 0 Å². The number of nitrogens with one attached hydrogen (secondary N) is 1. The minimum absolute atomic E-state index is 0.00880. The lowest BCUT2D eigenvalue weighted by molar-refractivity contribution is -0.123. The molecule has 1 aliphatic carbocycles. The molecule has 20 heavy (non-hydrogen) atoms. The van der Waals surface area contributed by atoms with E-state index in [1.165, 1.54) is 17.0 Å². The predicted molar refractivity (Wildman–Crippen MR) is 83.5 cm³/mol. The van der Waals surface area contributed by atoms with Crippen LogP contribution in [0.2, 0.25) is 0 Å². The van der Waals surface area contributed by atoms with Gasteiger partial charge in [-0.2, -0.15) is 0 Å². The first kappa shape index (κ1) is 13.9. The number of benzene rings is 1. The molecule has 6 heteroatoms. The van der Waals surface area contributed by atoms with E-state index < -0.39 is 0 Å². The standard InChI is InChI=1S/C14H14BrFN2OS/c15-8-1-6-12-11(7-8)13(19)18(14(20)17-12)10-4-2-9(16)3-5-10/h2-5,8,11-12H,1,6-7H2,(H,17,20). The molecule has 1 aliphatic heterocycles. The van der Waals surface area contributed by atoms with E-state index in [4.69, 9.17) is 12.2 Å². The van der Waals surface area contributed by atoms with Crippen LogP contribution < -0.4 is 10.2 Å². The zero-order valence-electron chi connectivity index (χ0n) is 10.7. The van der Waals surface area contributed by atoms with Crippen molar-refractivity contribution >= 4 is 44.9 Å². The summed E-state index contributed by atoms with van der Waals surface area (Å²) >= 11 is 8.90. The van der Waals surface area contributed by atoms with Crippen LogP contribution in [-0.4, -0.2) is 21.9 Å². The Balaban J connectivity index is 1.89. The molecule has 1 amide bonds. The molecular weight excluding hydrogens is 343 g/mol. The Morgan fingerprint density at radius 2 is 2.00 bits per heavy atom. The lowest BCUT2D eigenvalue weighted by Crippen LogP contribution is -2.61. The van der Waals surface area contributed by atoms with Gasteiger partial charge in [0.05, 0.1) is 11.6 Å². The number of carbonyl (C=O) groups is 1. The van der Waals surface area contributed by atoms with Gasteiger partial charge in [0.2, 0.25) is 5.91 Å². The molecule has 1 saturated heterocycles. The van der Waals surface area contributed by atoms with E-state index in [-0.39, 0.29) is 23.7 Å². The second kappa shape index (κ2) is 5.41. The largest absolute Gasteiger partial charge is 0.358 e. The SMILES string of the molecule is O=C1C2CC(Br)CCC2NC(=S)N1c1ccc(F)cc1. The van der Waals surface area contributed by atoms with Gasteiger partial charge >= 0.3 is 0 Å². The highest BCUT2D eigenvalue weighted by Crippen LogP contribution is 2.34. The number of carbonyl (C=O) groups excluding carboxylic acids is 1. The maximum atomic E-state index is 13.0. The normalized spacial score (nSPS) is 29.9. The summed E-state index contributed by atoms with van der Waals surface area (Å²) in [7, 11) is 0. The number of thiocarbonyl (C=S) groups is 1. The fourth-order valence-corrected chi connectivity index (χ4v) is 3.90. The fraction of sp³-hybridized carbons (Fsp3) is 0.429. The van der Waals surface area contributed by atoms with Gasteiger partial charge in [0.25, 0.3) is 0 Å². The molecule has 3 nitrogen and oxygen atoms in total. The van der Waals surface area contributed by atoms with Crippen LogP contribution in [0.15, 0.2) is 24.3 Å². The van der Waals surface area contributed by atoms with Gasteiger partial charge in [-0.15, -0.1) is 0 Å². The third-order valence-corrected chi connectivity index (χ3v) is 5.05. The van der Waals surface area contributed by atoms with Gasteiger partial charge in [-0.3, -0.25) is 9.69 Å². The van der Waals surface area contributed by atoms with Crippen LogP contribution in [0.1, 0.15) is 19.3 Å². The molecular formula is C14H14BrFN2OS. The summed E-state index contributed by atoms with van der Waals surface area (Å²) in [5, 5.41) is 3.67. The molecule has 2 aliphatic rings. The molecule has 1 saturated carbocycles. The fourth-order valence-electron chi connectivity index (χ4n) is 2.89. The van der Waals surface area contributed by atoms with Crippen molar-refractivity contribution in [1.82, 2.24) is 5.32 Å². The number of hydrogen-bond donors (Lipinski definition) is 1. The Labute approximate surface area is 130 Å². The van der Waals surface area contributed by atoms with Gasteiger partial charge in [-0.05, 0) is 55.7 Å². The topological polar surface area (TPSA) is 32.3 Å². The van der Waals surface area contributed by atoms with Gasteiger partial charge in [0.1, 0.15) is 5.82 Å². The Hall–Kier alpha value is -1.01. The van der Waals surface area contributed by atoms with E-state index in [0.29, 0.717) is 15.6 Å². The highest BCUT2D eigenvalue weighted by atomic mass is 79.9. The highest BCUT2D eigenvalue weighted by Gasteiger charge is 2.42. The van der Waals surface area contributed by atoms with E-state index in [2.05, 4.69) is 21.2 Å².